The molecule has 69 heavy (non-hydrogen) atoms. The topological polar surface area (TPSA) is 180 Å². The lowest BCUT2D eigenvalue weighted by molar-refractivity contribution is -0.154. The van der Waals surface area contributed by atoms with Gasteiger partial charge in [-0.25, -0.2) is 25.6 Å². The number of nitrogens with zero attached hydrogens (tertiary/aromatic N) is 2. The van der Waals surface area contributed by atoms with Gasteiger partial charge >= 0.3 is 5.97 Å². The summed E-state index contributed by atoms with van der Waals surface area (Å²) >= 11 is 0. The molecule has 0 radical (unpaired) electrons. The molecule has 0 aromatic heterocycles. The minimum Gasteiger partial charge on any atom is -0.489 e. The van der Waals surface area contributed by atoms with Gasteiger partial charge in [-0.05, 0) is 185 Å². The molecule has 2 saturated heterocycles. The number of halogens is 2. The molecule has 2 aliphatic heterocycles. The van der Waals surface area contributed by atoms with Gasteiger partial charge in [-0.3, -0.25) is 14.4 Å². The van der Waals surface area contributed by atoms with Crippen molar-refractivity contribution in [2.45, 2.75) is 153 Å². The predicted molar refractivity (Wildman–Crippen MR) is 262 cm³/mol. The average Bonchev–Trinajstić information content (AvgIpc) is 3.80. The molecule has 0 atom stereocenters. The zero-order valence-electron chi connectivity index (χ0n) is 41.6. The van der Waals surface area contributed by atoms with Crippen molar-refractivity contribution in [2.24, 2.45) is 28.4 Å². The lowest BCUT2D eigenvalue weighted by Crippen LogP contribution is -2.40. The van der Waals surface area contributed by atoms with E-state index in [1.54, 1.807) is 45.0 Å². The second-order valence-electron chi connectivity index (χ2n) is 21.0. The molecule has 384 valence electrons. The van der Waals surface area contributed by atoms with Crippen LogP contribution in [0.3, 0.4) is 0 Å². The summed E-state index contributed by atoms with van der Waals surface area (Å²) in [6, 6.07) is 12.8. The highest BCUT2D eigenvalue weighted by molar-refractivity contribution is 7.91. The van der Waals surface area contributed by atoms with Gasteiger partial charge in [0, 0.05) is 43.7 Å². The standard InChI is InChI=1S/C29H42FNO6S.C23H33FN2O4S/c1-21(2)31-17-16-29(27(31)33)14-12-22(13-15-29)20-38(34,35)25-9-7-24(8-10-25)36-19-23(18-30)6-11-26(32)37-28(3,4)5;1-17(2)26-12-11-23(22(26)27)9-7-18(8-10-23)16-31(28,29)21-5-3-20(4-6-21)30-15-19(13-24)14-25/h7-10,18,21-22H,6,11-17,19-20H2,1-5H3;3-6,13,17-18H,7-12,14-16,25H2,1-2H3/b23-18+;19-13+. The van der Waals surface area contributed by atoms with Gasteiger partial charge in [0.25, 0.3) is 0 Å². The predicted octanol–water partition coefficient (Wildman–Crippen LogP) is 9.10. The Bertz CT molecular complexity index is 2350. The molecule has 2 saturated carbocycles. The third-order valence-electron chi connectivity index (χ3n) is 14.2. The van der Waals surface area contributed by atoms with Crippen molar-refractivity contribution in [3.63, 3.8) is 0 Å². The number of carbonyl (C=O) groups is 3. The molecule has 0 unspecified atom stereocenters. The third-order valence-corrected chi connectivity index (χ3v) is 18.0. The molecule has 4 aliphatic rings. The van der Waals surface area contributed by atoms with Crippen molar-refractivity contribution >= 4 is 37.5 Å². The summed E-state index contributed by atoms with van der Waals surface area (Å²) in [5.41, 5.74) is 4.84. The summed E-state index contributed by atoms with van der Waals surface area (Å²) in [6.07, 6.45) is 8.84. The molecule has 2 N–H and O–H groups in total. The molecule has 2 heterocycles. The quantitative estimate of drug-likeness (QED) is 0.141. The second-order valence-corrected chi connectivity index (χ2v) is 25.1. The number of hydrogen-bond acceptors (Lipinski definition) is 11. The number of carbonyl (C=O) groups excluding carboxylic acids is 3. The highest BCUT2D eigenvalue weighted by Crippen LogP contribution is 2.49. The van der Waals surface area contributed by atoms with E-state index in [1.807, 2.05) is 37.5 Å². The largest absolute Gasteiger partial charge is 0.489 e. The van der Waals surface area contributed by atoms with Crippen LogP contribution in [-0.2, 0) is 38.8 Å². The monoisotopic (exact) mass is 1000 g/mol. The van der Waals surface area contributed by atoms with E-state index in [0.717, 1.165) is 77.3 Å². The average molecular weight is 1000 g/mol. The number of nitrogens with two attached hydrogens (primary N) is 1. The maximum Gasteiger partial charge on any atom is 0.306 e. The van der Waals surface area contributed by atoms with Crippen LogP contribution in [0.15, 0.2) is 82.1 Å². The zero-order valence-corrected chi connectivity index (χ0v) is 43.3. The van der Waals surface area contributed by atoms with E-state index in [9.17, 15) is 40.0 Å². The molecule has 2 aromatic rings. The molecular weight excluding hydrogens is 929 g/mol. The Kier molecular flexibility index (Phi) is 19.1. The number of ether oxygens (including phenoxy) is 3. The van der Waals surface area contributed by atoms with Crippen LogP contribution in [0, 0.1) is 22.7 Å². The van der Waals surface area contributed by atoms with Crippen LogP contribution >= 0.6 is 0 Å². The molecule has 0 bridgehead atoms. The number of esters is 1. The van der Waals surface area contributed by atoms with Crippen LogP contribution in [0.2, 0.25) is 0 Å². The van der Waals surface area contributed by atoms with Gasteiger partial charge < -0.3 is 29.7 Å². The van der Waals surface area contributed by atoms with Gasteiger partial charge in [0.05, 0.1) is 44.8 Å². The molecule has 4 fully saturated rings. The van der Waals surface area contributed by atoms with Crippen LogP contribution in [0.1, 0.15) is 126 Å². The number of benzene rings is 2. The Morgan fingerprint density at radius 1 is 0.667 bits per heavy atom. The Morgan fingerprint density at radius 3 is 1.36 bits per heavy atom. The Hall–Kier alpha value is -4.35. The number of sulfone groups is 2. The van der Waals surface area contributed by atoms with Crippen LogP contribution in [0.4, 0.5) is 8.78 Å². The first-order chi connectivity index (χ1) is 32.4. The maximum atomic E-state index is 13.3. The Morgan fingerprint density at radius 2 is 1.04 bits per heavy atom. The molecule has 2 aliphatic carbocycles. The lowest BCUT2D eigenvalue weighted by atomic mass is 9.70. The fourth-order valence-electron chi connectivity index (χ4n) is 10.0. The number of hydrogen-bond donors (Lipinski definition) is 1. The smallest absolute Gasteiger partial charge is 0.306 e. The first kappa shape index (κ1) is 55.6. The van der Waals surface area contributed by atoms with Gasteiger partial charge in [0.1, 0.15) is 30.3 Å². The highest BCUT2D eigenvalue weighted by Gasteiger charge is 2.50. The van der Waals surface area contributed by atoms with E-state index in [1.165, 1.54) is 24.3 Å². The van der Waals surface area contributed by atoms with Crippen LogP contribution in [0.25, 0.3) is 0 Å². The van der Waals surface area contributed by atoms with Gasteiger partial charge in [0.15, 0.2) is 19.7 Å². The van der Waals surface area contributed by atoms with Gasteiger partial charge in [-0.1, -0.05) is 0 Å². The number of likely N-dealkylation sites (tertiary alicyclic amines) is 2. The van der Waals surface area contributed by atoms with Gasteiger partial charge in [0.2, 0.25) is 11.8 Å². The van der Waals surface area contributed by atoms with Crippen molar-refractivity contribution in [2.75, 3.05) is 44.4 Å². The Balaban J connectivity index is 0.000000263. The highest BCUT2D eigenvalue weighted by atomic mass is 32.2. The molecular formula is C52H75F2N3O10S2. The molecule has 2 spiro atoms. The molecule has 2 aromatic carbocycles. The summed E-state index contributed by atoms with van der Waals surface area (Å²) in [7, 11) is -6.92. The fraction of sp³-hybridized carbons (Fsp3) is 0.635. The minimum atomic E-state index is -3.49. The van der Waals surface area contributed by atoms with Crippen LogP contribution < -0.4 is 15.2 Å². The summed E-state index contributed by atoms with van der Waals surface area (Å²) in [6.45, 7) is 15.1. The minimum absolute atomic E-state index is 0.0237. The van der Waals surface area contributed by atoms with Crippen molar-refractivity contribution in [1.82, 2.24) is 9.80 Å². The number of amides is 2. The van der Waals surface area contributed by atoms with Crippen molar-refractivity contribution in [3.05, 3.63) is 72.3 Å². The van der Waals surface area contributed by atoms with Crippen molar-refractivity contribution in [1.29, 1.82) is 0 Å². The zero-order chi connectivity index (χ0) is 50.8. The molecule has 6 rings (SSSR count). The van der Waals surface area contributed by atoms with E-state index in [-0.39, 0.29) is 100 Å². The molecule has 2 amide bonds. The van der Waals surface area contributed by atoms with Crippen molar-refractivity contribution in [3.8, 4) is 11.5 Å². The summed E-state index contributed by atoms with van der Waals surface area (Å²) < 4.78 is 94.0. The maximum absolute atomic E-state index is 13.3. The van der Waals surface area contributed by atoms with E-state index < -0.39 is 31.2 Å². The summed E-state index contributed by atoms with van der Waals surface area (Å²) in [5.74, 6) is 1.19. The Labute approximate surface area is 409 Å². The van der Waals surface area contributed by atoms with Crippen molar-refractivity contribution < 1.29 is 54.2 Å². The molecule has 13 nitrogen and oxygen atoms in total. The van der Waals surface area contributed by atoms with E-state index in [4.69, 9.17) is 19.9 Å². The van der Waals surface area contributed by atoms with Gasteiger partial charge in [-0.2, -0.15) is 0 Å². The van der Waals surface area contributed by atoms with Crippen LogP contribution in [0.5, 0.6) is 11.5 Å². The van der Waals surface area contributed by atoms with E-state index >= 15 is 0 Å². The first-order valence-corrected chi connectivity index (χ1v) is 27.8. The normalized spacial score (nSPS) is 23.8. The van der Waals surface area contributed by atoms with Gasteiger partial charge in [-0.15, -0.1) is 0 Å². The van der Waals surface area contributed by atoms with Crippen LogP contribution in [-0.4, -0.2) is 106 Å². The third kappa shape index (κ3) is 14.8. The fourth-order valence-corrected chi connectivity index (χ4v) is 13.4. The SMILES string of the molecule is CC(C)N1CCC2(CCC(CS(=O)(=O)c3ccc(OC/C(=C/F)CCC(=O)OC(C)(C)C)cc3)CC2)C1=O.CC(C)N1CCC2(CCC(CS(=O)(=O)c3ccc(OC/C(=C/F)CN)cc3)CC2)C1=O. The van der Waals surface area contributed by atoms with E-state index in [2.05, 4.69) is 0 Å². The second kappa shape index (κ2) is 23.7. The van der Waals surface area contributed by atoms with E-state index in [0.29, 0.717) is 35.3 Å². The first-order valence-electron chi connectivity index (χ1n) is 24.5. The molecule has 17 heteroatoms. The lowest BCUT2D eigenvalue weighted by Gasteiger charge is -2.36. The number of rotatable bonds is 18. The summed E-state index contributed by atoms with van der Waals surface area (Å²) in [4.78, 5) is 42.1. The summed E-state index contributed by atoms with van der Waals surface area (Å²) in [5, 5.41) is 0.